The predicted molar refractivity (Wildman–Crippen MR) is 145 cm³/mol. The van der Waals surface area contributed by atoms with Crippen molar-refractivity contribution in [2.45, 2.75) is 168 Å². The van der Waals surface area contributed by atoms with Gasteiger partial charge in [0.1, 0.15) is 6.17 Å². The Balaban J connectivity index is 0.0000102. The van der Waals surface area contributed by atoms with Crippen LogP contribution in [0.1, 0.15) is 162 Å². The van der Waals surface area contributed by atoms with E-state index in [0.29, 0.717) is 6.17 Å². The van der Waals surface area contributed by atoms with Crippen LogP contribution < -0.4 is 17.0 Å². The van der Waals surface area contributed by atoms with Gasteiger partial charge in [-0.3, -0.25) is 0 Å². The van der Waals surface area contributed by atoms with E-state index in [-0.39, 0.29) is 17.0 Å². The zero-order valence-corrected chi connectivity index (χ0v) is 24.6. The Morgan fingerprint density at radius 1 is 0.424 bits per heavy atom. The molecule has 1 rings (SSSR count). The molecule has 33 heavy (non-hydrogen) atoms. The van der Waals surface area contributed by atoms with Gasteiger partial charge in [-0.05, 0) is 19.3 Å². The highest BCUT2D eigenvalue weighted by atomic mass is 79.9. The normalized spacial score (nSPS) is 15.4. The summed E-state index contributed by atoms with van der Waals surface area (Å²) in [6, 6.07) is 0. The second kappa shape index (κ2) is 24.9. The largest absolute Gasteiger partial charge is 1.00 e. The maximum atomic E-state index is 2.64. The summed E-state index contributed by atoms with van der Waals surface area (Å²) >= 11 is 0. The lowest BCUT2D eigenvalue weighted by atomic mass is 10.0. The summed E-state index contributed by atoms with van der Waals surface area (Å²) in [6.07, 6.45) is 36.6. The van der Waals surface area contributed by atoms with Gasteiger partial charge < -0.3 is 26.8 Å². The number of unbranched alkanes of at least 4 members (excludes halogenated alkanes) is 18. The molecule has 0 amide bonds. The number of halogens is 1. The lowest BCUT2D eigenvalue weighted by molar-refractivity contribution is -0.00000725. The Labute approximate surface area is 220 Å². The summed E-state index contributed by atoms with van der Waals surface area (Å²) in [6.45, 7) is 9.45. The van der Waals surface area contributed by atoms with E-state index in [2.05, 4.69) is 43.0 Å². The van der Waals surface area contributed by atoms with Gasteiger partial charge in [0.2, 0.25) is 0 Å². The van der Waals surface area contributed by atoms with E-state index in [1.54, 1.807) is 0 Å². The molecule has 2 nitrogen and oxygen atoms in total. The lowest BCUT2D eigenvalue weighted by Gasteiger charge is -2.33. The molecule has 0 radical (unpaired) electrons. The van der Waals surface area contributed by atoms with E-state index >= 15 is 0 Å². The van der Waals surface area contributed by atoms with Crippen molar-refractivity contribution in [2.75, 3.05) is 13.1 Å². The van der Waals surface area contributed by atoms with Crippen molar-refractivity contribution in [3.05, 3.63) is 12.4 Å². The van der Waals surface area contributed by atoms with E-state index in [1.807, 2.05) is 0 Å². The third kappa shape index (κ3) is 17.8. The average Bonchev–Trinajstić information content (AvgIpc) is 3.18. The Morgan fingerprint density at radius 2 is 0.727 bits per heavy atom. The van der Waals surface area contributed by atoms with Crippen LogP contribution in [-0.2, 0) is 0 Å². The molecule has 0 aromatic rings. The fraction of sp³-hybridized carbons (Fsp3) is 0.933. The minimum Gasteiger partial charge on any atom is -1.00 e. The SMILES string of the molecule is CCCCCCCCCCCCCCCCN1C=CN(CCCCCCCC)C1CCC.[Br-]. The van der Waals surface area contributed by atoms with Crippen molar-refractivity contribution >= 4 is 0 Å². The first kappa shape index (κ1) is 32.8. The van der Waals surface area contributed by atoms with Crippen molar-refractivity contribution < 1.29 is 17.0 Å². The third-order valence-electron chi connectivity index (χ3n) is 7.30. The van der Waals surface area contributed by atoms with Gasteiger partial charge in [-0.2, -0.15) is 0 Å². The highest BCUT2D eigenvalue weighted by molar-refractivity contribution is 4.96. The smallest absolute Gasteiger partial charge is 0.101 e. The summed E-state index contributed by atoms with van der Waals surface area (Å²) in [5, 5.41) is 0. The molecule has 0 aliphatic carbocycles. The van der Waals surface area contributed by atoms with Gasteiger partial charge >= 0.3 is 0 Å². The maximum absolute atomic E-state index is 2.64. The summed E-state index contributed by atoms with van der Waals surface area (Å²) in [4.78, 5) is 5.27. The van der Waals surface area contributed by atoms with Gasteiger partial charge in [-0.25, -0.2) is 0 Å². The number of rotatable bonds is 24. The number of hydrogen-bond acceptors (Lipinski definition) is 2. The van der Waals surface area contributed by atoms with Crippen LogP contribution in [0.3, 0.4) is 0 Å². The molecule has 1 atom stereocenters. The van der Waals surface area contributed by atoms with Crippen LogP contribution >= 0.6 is 0 Å². The van der Waals surface area contributed by atoms with Gasteiger partial charge in [-0.15, -0.1) is 0 Å². The molecule has 0 aromatic carbocycles. The van der Waals surface area contributed by atoms with Crippen molar-refractivity contribution in [2.24, 2.45) is 0 Å². The Hall–Kier alpha value is -0.180. The van der Waals surface area contributed by atoms with Gasteiger partial charge in [0.15, 0.2) is 0 Å². The monoisotopic (exact) mass is 527 g/mol. The maximum Gasteiger partial charge on any atom is 0.101 e. The van der Waals surface area contributed by atoms with Crippen molar-refractivity contribution in [3.8, 4) is 0 Å². The lowest BCUT2D eigenvalue weighted by Crippen LogP contribution is -3.00. The zero-order chi connectivity index (χ0) is 23.1. The summed E-state index contributed by atoms with van der Waals surface area (Å²) in [7, 11) is 0. The molecule has 1 aliphatic heterocycles. The van der Waals surface area contributed by atoms with E-state index < -0.39 is 0 Å². The predicted octanol–water partition coefficient (Wildman–Crippen LogP) is 7.05. The Kier molecular flexibility index (Phi) is 24.8. The summed E-state index contributed by atoms with van der Waals surface area (Å²) in [5.74, 6) is 0. The Bertz CT molecular complexity index is 412. The molecular weight excluding hydrogens is 468 g/mol. The van der Waals surface area contributed by atoms with Crippen LogP contribution in [0.15, 0.2) is 12.4 Å². The average molecular weight is 529 g/mol. The molecule has 0 fully saturated rings. The first-order valence-electron chi connectivity index (χ1n) is 15.0. The van der Waals surface area contributed by atoms with Crippen LogP contribution in [-0.4, -0.2) is 29.1 Å². The molecule has 198 valence electrons. The van der Waals surface area contributed by atoms with Crippen LogP contribution in [0.5, 0.6) is 0 Å². The molecular formula is C30H60BrN2-. The van der Waals surface area contributed by atoms with E-state index in [4.69, 9.17) is 0 Å². The van der Waals surface area contributed by atoms with E-state index in [0.717, 1.165) is 0 Å². The minimum absolute atomic E-state index is 0. The van der Waals surface area contributed by atoms with Crippen molar-refractivity contribution in [1.82, 2.24) is 9.80 Å². The third-order valence-corrected chi connectivity index (χ3v) is 7.30. The first-order chi connectivity index (χ1) is 15.8. The molecule has 0 spiro atoms. The molecule has 0 saturated carbocycles. The highest BCUT2D eigenvalue weighted by Crippen LogP contribution is 2.22. The van der Waals surface area contributed by atoms with Crippen LogP contribution in [0.25, 0.3) is 0 Å². The van der Waals surface area contributed by atoms with E-state index in [1.165, 1.54) is 154 Å². The topological polar surface area (TPSA) is 6.48 Å². The fourth-order valence-corrected chi connectivity index (χ4v) is 5.16. The molecule has 0 N–H and O–H groups in total. The van der Waals surface area contributed by atoms with Crippen molar-refractivity contribution in [1.29, 1.82) is 0 Å². The van der Waals surface area contributed by atoms with Gasteiger partial charge in [0, 0.05) is 25.5 Å². The molecule has 3 heteroatoms. The Morgan fingerprint density at radius 3 is 1.03 bits per heavy atom. The summed E-state index contributed by atoms with van der Waals surface area (Å²) in [5.41, 5.74) is 0. The minimum atomic E-state index is 0. The van der Waals surface area contributed by atoms with Crippen LogP contribution in [0, 0.1) is 0 Å². The second-order valence-corrected chi connectivity index (χ2v) is 10.4. The molecule has 0 aromatic heterocycles. The molecule has 1 heterocycles. The molecule has 0 saturated heterocycles. The zero-order valence-electron chi connectivity index (χ0n) is 23.0. The van der Waals surface area contributed by atoms with Gasteiger partial charge in [0.25, 0.3) is 0 Å². The highest BCUT2D eigenvalue weighted by Gasteiger charge is 2.24. The van der Waals surface area contributed by atoms with Crippen LogP contribution in [0.2, 0.25) is 0 Å². The van der Waals surface area contributed by atoms with E-state index in [9.17, 15) is 0 Å². The standard InChI is InChI=1S/C30H60N2.BrH/c1-4-7-9-11-13-14-15-16-17-18-19-20-22-24-27-32-29-28-31(30(32)25-6-3)26-23-21-12-10-8-5-2;/h28-30H,4-27H2,1-3H3;1H/p-1. The molecule has 1 aliphatic rings. The van der Waals surface area contributed by atoms with Crippen molar-refractivity contribution in [3.63, 3.8) is 0 Å². The number of hydrogen-bond donors (Lipinski definition) is 0. The van der Waals surface area contributed by atoms with Gasteiger partial charge in [0.05, 0.1) is 0 Å². The first-order valence-corrected chi connectivity index (χ1v) is 15.0. The molecule has 1 unspecified atom stereocenters. The quantitative estimate of drug-likeness (QED) is 0.124. The van der Waals surface area contributed by atoms with Crippen LogP contribution in [0.4, 0.5) is 0 Å². The second-order valence-electron chi connectivity index (χ2n) is 10.4. The van der Waals surface area contributed by atoms with Gasteiger partial charge in [-0.1, -0.05) is 143 Å². The summed E-state index contributed by atoms with van der Waals surface area (Å²) < 4.78 is 0. The molecule has 0 bridgehead atoms. The fourth-order valence-electron chi connectivity index (χ4n) is 5.16. The number of nitrogens with zero attached hydrogens (tertiary/aromatic N) is 2.